The molecule has 1 aromatic carbocycles. The third-order valence-corrected chi connectivity index (χ3v) is 2.51. The number of aromatic nitrogens is 2. The molecule has 0 atom stereocenters. The second-order valence-electron chi connectivity index (χ2n) is 3.77. The summed E-state index contributed by atoms with van der Waals surface area (Å²) in [5.74, 6) is -2.11. The van der Waals surface area contributed by atoms with Crippen LogP contribution in [0.2, 0.25) is 0 Å². The summed E-state index contributed by atoms with van der Waals surface area (Å²) in [6.07, 6.45) is 1.34. The number of amides is 1. The second-order valence-corrected chi connectivity index (χ2v) is 3.77. The van der Waals surface area contributed by atoms with Crippen molar-refractivity contribution in [2.75, 3.05) is 0 Å². The van der Waals surface area contributed by atoms with Gasteiger partial charge < -0.3 is 10.8 Å². The van der Waals surface area contributed by atoms with Crippen molar-refractivity contribution >= 4 is 17.6 Å². The van der Waals surface area contributed by atoms with E-state index in [1.165, 1.54) is 18.3 Å². The summed E-state index contributed by atoms with van der Waals surface area (Å²) in [5, 5.41) is 23.5. The first-order chi connectivity index (χ1) is 9.40. The van der Waals surface area contributed by atoms with Crippen molar-refractivity contribution in [3.63, 3.8) is 0 Å². The second kappa shape index (κ2) is 4.80. The quantitative estimate of drug-likeness (QED) is 0.617. The Balaban J connectivity index is 2.57. The van der Waals surface area contributed by atoms with Crippen LogP contribution in [0, 0.1) is 10.1 Å². The number of nitrogens with zero attached hydrogens (tertiary/aromatic N) is 3. The first-order valence-electron chi connectivity index (χ1n) is 5.27. The van der Waals surface area contributed by atoms with Crippen LogP contribution in [-0.2, 0) is 0 Å². The lowest BCUT2D eigenvalue weighted by atomic mass is 10.1. The Hall–Kier alpha value is -3.23. The molecule has 20 heavy (non-hydrogen) atoms. The van der Waals surface area contributed by atoms with Gasteiger partial charge in [0.15, 0.2) is 0 Å². The minimum Gasteiger partial charge on any atom is -0.478 e. The molecule has 0 fully saturated rings. The number of carbonyl (C=O) groups excluding carboxylic acids is 1. The standard InChI is InChI=1S/C11H8N4O5/c12-10(16)8-3-4-14(13-8)9-2-1-6(15(19)20)5-7(9)11(17)18/h1-5H,(H2,12,16)(H,17,18). The highest BCUT2D eigenvalue weighted by atomic mass is 16.6. The maximum atomic E-state index is 11.2. The zero-order valence-electron chi connectivity index (χ0n) is 9.89. The number of carbonyl (C=O) groups is 2. The third kappa shape index (κ3) is 2.32. The summed E-state index contributed by atoms with van der Waals surface area (Å²) in [4.78, 5) is 32.0. The Morgan fingerprint density at radius 3 is 2.55 bits per heavy atom. The van der Waals surface area contributed by atoms with E-state index >= 15 is 0 Å². The van der Waals surface area contributed by atoms with E-state index in [0.29, 0.717) is 0 Å². The highest BCUT2D eigenvalue weighted by Gasteiger charge is 2.18. The molecule has 0 aliphatic carbocycles. The van der Waals surface area contributed by atoms with E-state index in [9.17, 15) is 19.7 Å². The minimum atomic E-state index is -1.35. The first kappa shape index (κ1) is 13.2. The van der Waals surface area contributed by atoms with Gasteiger partial charge in [0, 0.05) is 18.3 Å². The van der Waals surface area contributed by atoms with Crippen molar-refractivity contribution in [2.45, 2.75) is 0 Å². The largest absolute Gasteiger partial charge is 0.478 e. The van der Waals surface area contributed by atoms with Crippen molar-refractivity contribution < 1.29 is 19.6 Å². The molecular weight excluding hydrogens is 268 g/mol. The number of non-ortho nitro benzene ring substituents is 1. The molecule has 0 unspecified atom stereocenters. The molecule has 0 radical (unpaired) electrons. The van der Waals surface area contributed by atoms with E-state index in [1.54, 1.807) is 0 Å². The van der Waals surface area contributed by atoms with Gasteiger partial charge in [-0.15, -0.1) is 0 Å². The molecule has 9 heteroatoms. The van der Waals surface area contributed by atoms with Gasteiger partial charge in [0.25, 0.3) is 11.6 Å². The fourth-order valence-electron chi connectivity index (χ4n) is 1.60. The molecule has 1 aromatic heterocycles. The van der Waals surface area contributed by atoms with E-state index < -0.39 is 16.8 Å². The fourth-order valence-corrected chi connectivity index (χ4v) is 1.60. The molecule has 0 aliphatic rings. The van der Waals surface area contributed by atoms with Crippen molar-refractivity contribution in [1.29, 1.82) is 0 Å². The number of nitrogens with two attached hydrogens (primary N) is 1. The van der Waals surface area contributed by atoms with Crippen molar-refractivity contribution in [3.05, 3.63) is 51.8 Å². The summed E-state index contributed by atoms with van der Waals surface area (Å²) < 4.78 is 1.12. The number of aromatic carboxylic acids is 1. The zero-order valence-corrected chi connectivity index (χ0v) is 9.89. The lowest BCUT2D eigenvalue weighted by molar-refractivity contribution is -0.384. The zero-order chi connectivity index (χ0) is 14.9. The Labute approximate surface area is 111 Å². The van der Waals surface area contributed by atoms with Crippen LogP contribution in [0.3, 0.4) is 0 Å². The van der Waals surface area contributed by atoms with Gasteiger partial charge in [-0.3, -0.25) is 14.9 Å². The molecule has 102 valence electrons. The summed E-state index contributed by atoms with van der Waals surface area (Å²) in [6, 6.07) is 4.62. The molecule has 0 bridgehead atoms. The van der Waals surface area contributed by atoms with Crippen molar-refractivity contribution in [1.82, 2.24) is 9.78 Å². The predicted octanol–water partition coefficient (Wildman–Crippen LogP) is 0.578. The van der Waals surface area contributed by atoms with Gasteiger partial charge >= 0.3 is 5.97 Å². The average molecular weight is 276 g/mol. The maximum Gasteiger partial charge on any atom is 0.338 e. The van der Waals surface area contributed by atoms with Crippen LogP contribution in [0.15, 0.2) is 30.5 Å². The fraction of sp³-hybridized carbons (Fsp3) is 0. The molecule has 3 N–H and O–H groups in total. The molecule has 1 amide bonds. The van der Waals surface area contributed by atoms with Crippen LogP contribution in [0.25, 0.3) is 5.69 Å². The van der Waals surface area contributed by atoms with Gasteiger partial charge in [-0.1, -0.05) is 0 Å². The van der Waals surface area contributed by atoms with Gasteiger partial charge in [0.1, 0.15) is 5.69 Å². The number of benzene rings is 1. The van der Waals surface area contributed by atoms with Gasteiger partial charge in [-0.2, -0.15) is 5.10 Å². The van der Waals surface area contributed by atoms with Crippen molar-refractivity contribution in [3.8, 4) is 5.69 Å². The Morgan fingerprint density at radius 1 is 1.35 bits per heavy atom. The Morgan fingerprint density at radius 2 is 2.05 bits per heavy atom. The average Bonchev–Trinajstić information content (AvgIpc) is 2.87. The number of rotatable bonds is 4. The SMILES string of the molecule is NC(=O)c1ccn(-c2ccc([N+](=O)[O-])cc2C(=O)O)n1. The van der Waals surface area contributed by atoms with Crippen LogP contribution in [-0.4, -0.2) is 31.7 Å². The number of hydrogen-bond donors (Lipinski definition) is 2. The molecule has 0 saturated carbocycles. The lowest BCUT2D eigenvalue weighted by Gasteiger charge is -2.05. The van der Waals surface area contributed by atoms with Gasteiger partial charge in [-0.25, -0.2) is 9.48 Å². The van der Waals surface area contributed by atoms with Crippen LogP contribution in [0.4, 0.5) is 5.69 Å². The molecule has 0 aliphatic heterocycles. The summed E-state index contributed by atoms with van der Waals surface area (Å²) >= 11 is 0. The number of nitro groups is 1. The molecule has 0 spiro atoms. The van der Waals surface area contributed by atoms with E-state index in [4.69, 9.17) is 10.8 Å². The smallest absolute Gasteiger partial charge is 0.338 e. The summed E-state index contributed by atoms with van der Waals surface area (Å²) in [7, 11) is 0. The minimum absolute atomic E-state index is 0.0420. The number of carboxylic acids is 1. The normalized spacial score (nSPS) is 10.2. The van der Waals surface area contributed by atoms with E-state index in [1.807, 2.05) is 0 Å². The number of primary amides is 1. The van der Waals surface area contributed by atoms with Crippen LogP contribution in [0.5, 0.6) is 0 Å². The maximum absolute atomic E-state index is 11.2. The van der Waals surface area contributed by atoms with Crippen LogP contribution >= 0.6 is 0 Å². The molecule has 0 saturated heterocycles. The van der Waals surface area contributed by atoms with Gasteiger partial charge in [0.2, 0.25) is 0 Å². The topological polar surface area (TPSA) is 141 Å². The Kier molecular flexibility index (Phi) is 3.17. The van der Waals surface area contributed by atoms with Gasteiger partial charge in [0.05, 0.1) is 16.2 Å². The molecule has 1 heterocycles. The first-order valence-corrected chi connectivity index (χ1v) is 5.27. The van der Waals surface area contributed by atoms with E-state index in [0.717, 1.165) is 16.8 Å². The molecule has 2 aromatic rings. The third-order valence-electron chi connectivity index (χ3n) is 2.51. The summed E-state index contributed by atoms with van der Waals surface area (Å²) in [6.45, 7) is 0. The van der Waals surface area contributed by atoms with Crippen molar-refractivity contribution in [2.24, 2.45) is 5.73 Å². The van der Waals surface area contributed by atoms with Crippen LogP contribution in [0.1, 0.15) is 20.8 Å². The van der Waals surface area contributed by atoms with Crippen LogP contribution < -0.4 is 5.73 Å². The predicted molar refractivity (Wildman–Crippen MR) is 65.7 cm³/mol. The Bertz CT molecular complexity index is 721. The number of carboxylic acid groups (broad SMARTS) is 1. The monoisotopic (exact) mass is 276 g/mol. The number of hydrogen-bond acceptors (Lipinski definition) is 5. The molecule has 2 rings (SSSR count). The van der Waals surface area contributed by atoms with E-state index in [-0.39, 0.29) is 22.6 Å². The van der Waals surface area contributed by atoms with Gasteiger partial charge in [-0.05, 0) is 12.1 Å². The summed E-state index contributed by atoms with van der Waals surface area (Å²) in [5.41, 5.74) is 4.44. The van der Waals surface area contributed by atoms with E-state index in [2.05, 4.69) is 5.10 Å². The highest BCUT2D eigenvalue weighted by molar-refractivity contribution is 5.93. The molecular formula is C11H8N4O5. The highest BCUT2D eigenvalue weighted by Crippen LogP contribution is 2.21. The lowest BCUT2D eigenvalue weighted by Crippen LogP contribution is -2.13. The molecule has 9 nitrogen and oxygen atoms in total. The number of nitro benzene ring substituents is 1.